The lowest BCUT2D eigenvalue weighted by atomic mass is 10.2. The average Bonchev–Trinajstić information content (AvgIpc) is 2.99. The molecule has 1 saturated carbocycles. The molecule has 0 amide bonds. The molecule has 0 radical (unpaired) electrons. The summed E-state index contributed by atoms with van der Waals surface area (Å²) in [5.74, 6) is 3.41. The van der Waals surface area contributed by atoms with E-state index in [2.05, 4.69) is 18.3 Å². The highest BCUT2D eigenvalue weighted by Gasteiger charge is 2.36. The molecule has 1 aliphatic rings. The first kappa shape index (κ1) is 12.3. The minimum Gasteiger partial charge on any atom is -0.464 e. The summed E-state index contributed by atoms with van der Waals surface area (Å²) in [6, 6.07) is 14.3. The number of benzene rings is 1. The number of hydrogen-bond donors (Lipinski definition) is 2. The van der Waals surface area contributed by atoms with Crippen molar-refractivity contribution in [1.82, 2.24) is 0 Å². The molecule has 0 aliphatic heterocycles. The Morgan fingerprint density at radius 2 is 2.00 bits per heavy atom. The highest BCUT2D eigenvalue weighted by Crippen LogP contribution is 2.47. The molecular weight excluding hydrogens is 236 g/mol. The van der Waals surface area contributed by atoms with Gasteiger partial charge in [-0.15, -0.1) is 0 Å². The Morgan fingerprint density at radius 1 is 1.26 bits per heavy atom. The molecule has 3 rings (SSSR count). The second-order valence-electron chi connectivity index (χ2n) is 5.36. The van der Waals surface area contributed by atoms with Crippen LogP contribution >= 0.6 is 0 Å². The highest BCUT2D eigenvalue weighted by molar-refractivity contribution is 5.44. The molecular formula is C16H20N2O. The van der Waals surface area contributed by atoms with Gasteiger partial charge in [0.05, 0.1) is 6.04 Å². The maximum atomic E-state index is 5.96. The maximum Gasteiger partial charge on any atom is 0.127 e. The van der Waals surface area contributed by atoms with Crippen molar-refractivity contribution in [2.24, 2.45) is 11.7 Å². The van der Waals surface area contributed by atoms with Gasteiger partial charge in [0, 0.05) is 18.2 Å². The minimum absolute atomic E-state index is 0.0326. The molecule has 100 valence electrons. The molecule has 1 heterocycles. The number of rotatable bonds is 5. The molecule has 3 heteroatoms. The molecule has 1 aliphatic carbocycles. The number of anilines is 1. The fraction of sp³-hybridized carbons (Fsp3) is 0.375. The third-order valence-electron chi connectivity index (χ3n) is 3.82. The number of nitrogens with two attached hydrogens (primary N) is 1. The fourth-order valence-electron chi connectivity index (χ4n) is 2.46. The van der Waals surface area contributed by atoms with Crippen LogP contribution in [-0.4, -0.2) is 6.54 Å². The summed E-state index contributed by atoms with van der Waals surface area (Å²) in [5, 5.41) is 3.41. The molecule has 3 atom stereocenters. The fourth-order valence-corrected chi connectivity index (χ4v) is 2.46. The van der Waals surface area contributed by atoms with Gasteiger partial charge in [0.15, 0.2) is 0 Å². The smallest absolute Gasteiger partial charge is 0.127 e. The predicted octanol–water partition coefficient (Wildman–Crippen LogP) is 3.51. The van der Waals surface area contributed by atoms with Crippen molar-refractivity contribution < 1.29 is 4.42 Å². The van der Waals surface area contributed by atoms with Gasteiger partial charge in [-0.25, -0.2) is 0 Å². The van der Waals surface area contributed by atoms with Crippen LogP contribution in [0.15, 0.2) is 46.9 Å². The van der Waals surface area contributed by atoms with E-state index in [1.807, 2.05) is 36.4 Å². The van der Waals surface area contributed by atoms with Gasteiger partial charge in [-0.05, 0) is 36.6 Å². The third-order valence-corrected chi connectivity index (χ3v) is 3.82. The highest BCUT2D eigenvalue weighted by atomic mass is 16.3. The van der Waals surface area contributed by atoms with Crippen LogP contribution in [-0.2, 0) is 0 Å². The minimum atomic E-state index is 0.0326. The van der Waals surface area contributed by atoms with Crippen molar-refractivity contribution in [3.8, 4) is 0 Å². The predicted molar refractivity (Wildman–Crippen MR) is 77.1 cm³/mol. The van der Waals surface area contributed by atoms with Crippen molar-refractivity contribution in [1.29, 1.82) is 0 Å². The lowest BCUT2D eigenvalue weighted by molar-refractivity contribution is 0.441. The van der Waals surface area contributed by atoms with Crippen LogP contribution in [0.4, 0.5) is 5.69 Å². The molecule has 0 bridgehead atoms. The van der Waals surface area contributed by atoms with Gasteiger partial charge in [-0.3, -0.25) is 0 Å². The largest absolute Gasteiger partial charge is 0.464 e. The summed E-state index contributed by atoms with van der Waals surface area (Å²) in [7, 11) is 0. The van der Waals surface area contributed by atoms with Gasteiger partial charge in [0.25, 0.3) is 0 Å². The van der Waals surface area contributed by atoms with Crippen molar-refractivity contribution >= 4 is 5.69 Å². The quantitative estimate of drug-likeness (QED) is 0.860. The molecule has 3 unspecified atom stereocenters. The van der Waals surface area contributed by atoms with Gasteiger partial charge in [-0.2, -0.15) is 0 Å². The van der Waals surface area contributed by atoms with Crippen LogP contribution in [0.1, 0.15) is 36.8 Å². The van der Waals surface area contributed by atoms with Crippen LogP contribution in [0.2, 0.25) is 0 Å². The summed E-state index contributed by atoms with van der Waals surface area (Å²) in [6.07, 6.45) is 1.24. The number of para-hydroxylation sites is 1. The first-order valence-electron chi connectivity index (χ1n) is 6.89. The Kier molecular flexibility index (Phi) is 3.30. The second-order valence-corrected chi connectivity index (χ2v) is 5.36. The molecule has 0 saturated heterocycles. The number of furan rings is 1. The lowest BCUT2D eigenvalue weighted by Crippen LogP contribution is -2.19. The van der Waals surface area contributed by atoms with E-state index in [9.17, 15) is 0 Å². The van der Waals surface area contributed by atoms with Crippen molar-refractivity contribution in [2.75, 3.05) is 11.9 Å². The summed E-state index contributed by atoms with van der Waals surface area (Å²) in [4.78, 5) is 0. The number of hydrogen-bond acceptors (Lipinski definition) is 3. The molecule has 1 fully saturated rings. The molecule has 19 heavy (non-hydrogen) atoms. The van der Waals surface area contributed by atoms with Gasteiger partial charge in [0.1, 0.15) is 11.5 Å². The third kappa shape index (κ3) is 2.66. The molecule has 3 nitrogen and oxygen atoms in total. The van der Waals surface area contributed by atoms with Crippen molar-refractivity contribution in [3.63, 3.8) is 0 Å². The number of nitrogens with one attached hydrogen (secondary N) is 1. The molecule has 1 aromatic heterocycles. The molecule has 2 aromatic rings. The Labute approximate surface area is 113 Å². The van der Waals surface area contributed by atoms with Crippen LogP contribution < -0.4 is 11.1 Å². The van der Waals surface area contributed by atoms with E-state index in [0.717, 1.165) is 23.1 Å². The van der Waals surface area contributed by atoms with Crippen molar-refractivity contribution in [2.45, 2.75) is 25.3 Å². The summed E-state index contributed by atoms with van der Waals surface area (Å²) in [5.41, 5.74) is 6.92. The zero-order chi connectivity index (χ0) is 13.2. The van der Waals surface area contributed by atoms with Gasteiger partial charge >= 0.3 is 0 Å². The van der Waals surface area contributed by atoms with Gasteiger partial charge in [0.2, 0.25) is 0 Å². The van der Waals surface area contributed by atoms with Gasteiger partial charge < -0.3 is 15.5 Å². The summed E-state index contributed by atoms with van der Waals surface area (Å²) < 4.78 is 5.96. The van der Waals surface area contributed by atoms with E-state index in [4.69, 9.17) is 10.2 Å². The Bertz CT molecular complexity index is 535. The summed E-state index contributed by atoms with van der Waals surface area (Å²) in [6.45, 7) is 2.78. The van der Waals surface area contributed by atoms with Crippen molar-refractivity contribution in [3.05, 3.63) is 54.0 Å². The first-order chi connectivity index (χ1) is 9.28. The average molecular weight is 256 g/mol. The van der Waals surface area contributed by atoms with E-state index >= 15 is 0 Å². The van der Waals surface area contributed by atoms with E-state index in [-0.39, 0.29) is 6.04 Å². The van der Waals surface area contributed by atoms with Crippen LogP contribution in [0.3, 0.4) is 0 Å². The SMILES string of the molecule is CC1CC1c1ccc(C(CN)Nc2ccccc2)o1. The molecule has 0 spiro atoms. The molecule has 3 N–H and O–H groups in total. The molecule has 1 aromatic carbocycles. The van der Waals surface area contributed by atoms with Crippen LogP contribution in [0.25, 0.3) is 0 Å². The second kappa shape index (κ2) is 5.10. The maximum absolute atomic E-state index is 5.96. The summed E-state index contributed by atoms with van der Waals surface area (Å²) >= 11 is 0. The van der Waals surface area contributed by atoms with E-state index < -0.39 is 0 Å². The van der Waals surface area contributed by atoms with Gasteiger partial charge in [-0.1, -0.05) is 25.1 Å². The standard InChI is InChI=1S/C16H20N2O/c1-11-9-13(11)15-7-8-16(19-15)14(10-17)18-12-5-3-2-4-6-12/h2-8,11,13-14,18H,9-10,17H2,1H3. The van der Waals surface area contributed by atoms with E-state index in [1.165, 1.54) is 6.42 Å². The Hall–Kier alpha value is -1.74. The van der Waals surface area contributed by atoms with E-state index in [0.29, 0.717) is 12.5 Å². The Balaban J connectivity index is 1.73. The monoisotopic (exact) mass is 256 g/mol. The lowest BCUT2D eigenvalue weighted by Gasteiger charge is -2.15. The van der Waals surface area contributed by atoms with E-state index in [1.54, 1.807) is 0 Å². The normalized spacial score (nSPS) is 23.1. The first-order valence-corrected chi connectivity index (χ1v) is 6.89. The van der Waals surface area contributed by atoms with Crippen LogP contribution in [0, 0.1) is 5.92 Å². The zero-order valence-corrected chi connectivity index (χ0v) is 11.2. The zero-order valence-electron chi connectivity index (χ0n) is 11.2. The Morgan fingerprint density at radius 3 is 2.63 bits per heavy atom. The topological polar surface area (TPSA) is 51.2 Å². The van der Waals surface area contributed by atoms with Crippen LogP contribution in [0.5, 0.6) is 0 Å².